The highest BCUT2D eigenvalue weighted by atomic mass is 15.1. The summed E-state index contributed by atoms with van der Waals surface area (Å²) in [6, 6.07) is 0. The molecular formula is C6H7N2. The van der Waals surface area contributed by atoms with E-state index >= 15 is 0 Å². The SMILES string of the molecule is [c]1ncn2c1CCC2. The summed E-state index contributed by atoms with van der Waals surface area (Å²) in [7, 11) is 0. The third-order valence-corrected chi connectivity index (χ3v) is 1.55. The van der Waals surface area contributed by atoms with E-state index in [2.05, 4.69) is 15.7 Å². The minimum Gasteiger partial charge on any atom is -0.334 e. The third kappa shape index (κ3) is 0.399. The van der Waals surface area contributed by atoms with Crippen molar-refractivity contribution in [3.05, 3.63) is 18.2 Å². The largest absolute Gasteiger partial charge is 0.334 e. The van der Waals surface area contributed by atoms with Gasteiger partial charge in [0.2, 0.25) is 0 Å². The fourth-order valence-corrected chi connectivity index (χ4v) is 1.12. The smallest absolute Gasteiger partial charge is 0.112 e. The lowest BCUT2D eigenvalue weighted by molar-refractivity contribution is 0.741. The van der Waals surface area contributed by atoms with Crippen LogP contribution in [0.2, 0.25) is 0 Å². The molecule has 2 heteroatoms. The molecule has 1 aromatic heterocycles. The molecule has 2 heterocycles. The Morgan fingerprint density at radius 2 is 2.75 bits per heavy atom. The second-order valence-electron chi connectivity index (χ2n) is 2.10. The first kappa shape index (κ1) is 4.13. The predicted molar refractivity (Wildman–Crippen MR) is 29.4 cm³/mol. The molecule has 0 fully saturated rings. The van der Waals surface area contributed by atoms with Gasteiger partial charge in [0, 0.05) is 12.2 Å². The molecule has 0 spiro atoms. The van der Waals surface area contributed by atoms with E-state index in [-0.39, 0.29) is 0 Å². The molecule has 2 rings (SSSR count). The lowest BCUT2D eigenvalue weighted by Gasteiger charge is -1.87. The normalized spacial score (nSPS) is 16.5. The topological polar surface area (TPSA) is 17.8 Å². The first-order valence-electron chi connectivity index (χ1n) is 2.88. The Kier molecular flexibility index (Phi) is 0.692. The molecule has 0 atom stereocenters. The van der Waals surface area contributed by atoms with E-state index in [0.29, 0.717) is 0 Å². The summed E-state index contributed by atoms with van der Waals surface area (Å²) in [6.45, 7) is 1.14. The van der Waals surface area contributed by atoms with Crippen molar-refractivity contribution < 1.29 is 0 Å². The quantitative estimate of drug-likeness (QED) is 0.475. The number of hydrogen-bond acceptors (Lipinski definition) is 1. The molecule has 1 aliphatic heterocycles. The minimum absolute atomic E-state index is 1.14. The second-order valence-corrected chi connectivity index (χ2v) is 2.10. The van der Waals surface area contributed by atoms with Crippen molar-refractivity contribution in [2.45, 2.75) is 19.4 Å². The molecule has 0 bridgehead atoms. The molecule has 8 heavy (non-hydrogen) atoms. The van der Waals surface area contributed by atoms with Crippen LogP contribution in [0.3, 0.4) is 0 Å². The maximum Gasteiger partial charge on any atom is 0.112 e. The Morgan fingerprint density at radius 3 is 3.62 bits per heavy atom. The number of imidazole rings is 1. The Balaban J connectivity index is 2.54. The number of fused-ring (bicyclic) bond motifs is 1. The van der Waals surface area contributed by atoms with Crippen molar-refractivity contribution in [1.82, 2.24) is 9.55 Å². The summed E-state index contributed by atoms with van der Waals surface area (Å²) in [5.41, 5.74) is 1.27. The molecule has 0 aliphatic carbocycles. The van der Waals surface area contributed by atoms with Crippen LogP contribution in [0.5, 0.6) is 0 Å². The van der Waals surface area contributed by atoms with Crippen LogP contribution in [0.25, 0.3) is 0 Å². The van der Waals surface area contributed by atoms with Crippen LogP contribution >= 0.6 is 0 Å². The highest BCUT2D eigenvalue weighted by Crippen LogP contribution is 2.10. The maximum atomic E-state index is 3.88. The number of aryl methyl sites for hydroxylation is 2. The zero-order valence-electron chi connectivity index (χ0n) is 4.59. The van der Waals surface area contributed by atoms with Crippen LogP contribution < -0.4 is 0 Å². The first-order chi connectivity index (χ1) is 3.97. The van der Waals surface area contributed by atoms with Crippen molar-refractivity contribution >= 4 is 0 Å². The van der Waals surface area contributed by atoms with E-state index in [1.165, 1.54) is 18.5 Å². The van der Waals surface area contributed by atoms with Gasteiger partial charge in [0.25, 0.3) is 0 Å². The van der Waals surface area contributed by atoms with Gasteiger partial charge in [-0.05, 0) is 12.8 Å². The molecule has 0 amide bonds. The molecule has 0 saturated carbocycles. The highest BCUT2D eigenvalue weighted by molar-refractivity contribution is 5.00. The summed E-state index contributed by atoms with van der Waals surface area (Å²) in [5.74, 6) is 0. The van der Waals surface area contributed by atoms with E-state index in [1.54, 1.807) is 0 Å². The molecule has 1 aliphatic rings. The van der Waals surface area contributed by atoms with E-state index in [0.717, 1.165) is 6.54 Å². The van der Waals surface area contributed by atoms with E-state index in [1.807, 2.05) is 6.33 Å². The van der Waals surface area contributed by atoms with Crippen LogP contribution in [0.15, 0.2) is 6.33 Å². The Bertz CT molecular complexity index is 172. The Labute approximate surface area is 48.2 Å². The third-order valence-electron chi connectivity index (χ3n) is 1.55. The highest BCUT2D eigenvalue weighted by Gasteiger charge is 2.07. The van der Waals surface area contributed by atoms with Gasteiger partial charge >= 0.3 is 0 Å². The first-order valence-corrected chi connectivity index (χ1v) is 2.88. The number of hydrogen-bond donors (Lipinski definition) is 0. The molecule has 0 saturated heterocycles. The van der Waals surface area contributed by atoms with Gasteiger partial charge in [0.15, 0.2) is 0 Å². The van der Waals surface area contributed by atoms with Gasteiger partial charge in [-0.1, -0.05) is 0 Å². The zero-order chi connectivity index (χ0) is 5.40. The van der Waals surface area contributed by atoms with Crippen LogP contribution in [0.1, 0.15) is 12.1 Å². The number of nitrogens with zero attached hydrogens (tertiary/aromatic N) is 2. The number of aromatic nitrogens is 2. The number of rotatable bonds is 0. The van der Waals surface area contributed by atoms with Crippen LogP contribution in [0.4, 0.5) is 0 Å². The fourth-order valence-electron chi connectivity index (χ4n) is 1.12. The monoisotopic (exact) mass is 107 g/mol. The summed E-state index contributed by atoms with van der Waals surface area (Å²) in [5, 5.41) is 0. The summed E-state index contributed by atoms with van der Waals surface area (Å²) in [4.78, 5) is 3.88. The molecule has 1 radical (unpaired) electrons. The molecule has 2 nitrogen and oxygen atoms in total. The summed E-state index contributed by atoms with van der Waals surface area (Å²) in [6.07, 6.45) is 7.22. The lowest BCUT2D eigenvalue weighted by Crippen LogP contribution is -1.86. The zero-order valence-corrected chi connectivity index (χ0v) is 4.59. The van der Waals surface area contributed by atoms with Gasteiger partial charge in [-0.3, -0.25) is 0 Å². The minimum atomic E-state index is 1.14. The molecule has 0 unspecified atom stereocenters. The average Bonchev–Trinajstić information content (AvgIpc) is 2.15. The Hall–Kier alpha value is -0.790. The van der Waals surface area contributed by atoms with Crippen LogP contribution in [0, 0.1) is 6.20 Å². The van der Waals surface area contributed by atoms with Crippen molar-refractivity contribution in [3.8, 4) is 0 Å². The van der Waals surface area contributed by atoms with Gasteiger partial charge in [-0.15, -0.1) is 0 Å². The second kappa shape index (κ2) is 1.34. The van der Waals surface area contributed by atoms with Gasteiger partial charge in [-0.25, -0.2) is 4.98 Å². The molecular weight excluding hydrogens is 100 g/mol. The molecule has 1 aromatic rings. The van der Waals surface area contributed by atoms with E-state index < -0.39 is 0 Å². The molecule has 0 aromatic carbocycles. The van der Waals surface area contributed by atoms with E-state index in [9.17, 15) is 0 Å². The van der Waals surface area contributed by atoms with Crippen molar-refractivity contribution in [2.24, 2.45) is 0 Å². The Morgan fingerprint density at radius 1 is 1.75 bits per heavy atom. The molecule has 41 valence electrons. The van der Waals surface area contributed by atoms with Gasteiger partial charge in [0.1, 0.15) is 6.20 Å². The van der Waals surface area contributed by atoms with Crippen LogP contribution in [-0.2, 0) is 13.0 Å². The predicted octanol–water partition coefficient (Wildman–Crippen LogP) is 0.629. The maximum absolute atomic E-state index is 3.88. The standard InChI is InChI=1S/C6H7N2/c1-2-6-4-7-5-8(6)3-1/h5H,1-3H2. The summed E-state index contributed by atoms with van der Waals surface area (Å²) >= 11 is 0. The van der Waals surface area contributed by atoms with Gasteiger partial charge < -0.3 is 4.57 Å². The average molecular weight is 107 g/mol. The van der Waals surface area contributed by atoms with E-state index in [4.69, 9.17) is 0 Å². The van der Waals surface area contributed by atoms with Crippen molar-refractivity contribution in [3.63, 3.8) is 0 Å². The van der Waals surface area contributed by atoms with Crippen molar-refractivity contribution in [2.75, 3.05) is 0 Å². The summed E-state index contributed by atoms with van der Waals surface area (Å²) < 4.78 is 2.15. The lowest BCUT2D eigenvalue weighted by atomic mass is 10.3. The molecule has 0 N–H and O–H groups in total. The van der Waals surface area contributed by atoms with Gasteiger partial charge in [-0.2, -0.15) is 0 Å². The van der Waals surface area contributed by atoms with Crippen molar-refractivity contribution in [1.29, 1.82) is 0 Å². The van der Waals surface area contributed by atoms with Gasteiger partial charge in [0.05, 0.1) is 6.33 Å². The van der Waals surface area contributed by atoms with Crippen LogP contribution in [-0.4, -0.2) is 9.55 Å². The fraction of sp³-hybridized carbons (Fsp3) is 0.500.